The summed E-state index contributed by atoms with van der Waals surface area (Å²) >= 11 is 0. The molecule has 1 rings (SSSR count). The van der Waals surface area contributed by atoms with Crippen LogP contribution in [0.1, 0.15) is 6.92 Å². The first-order valence-corrected chi connectivity index (χ1v) is 4.40. The maximum absolute atomic E-state index is 10.6. The number of carboxylic acids is 1. The van der Waals surface area contributed by atoms with Gasteiger partial charge in [-0.1, -0.05) is 0 Å². The van der Waals surface area contributed by atoms with Crippen molar-refractivity contribution >= 4 is 11.7 Å². The molecule has 1 unspecified atom stereocenters. The molecule has 0 aromatic heterocycles. The third-order valence-electron chi connectivity index (χ3n) is 1.96. The molecule has 0 fully saturated rings. The van der Waals surface area contributed by atoms with Crippen LogP contribution in [0.4, 0.5) is 5.69 Å². The fourth-order valence-electron chi connectivity index (χ4n) is 0.929. The lowest BCUT2D eigenvalue weighted by molar-refractivity contribution is -0.155. The average molecular weight is 211 g/mol. The smallest absolute Gasteiger partial charge is 0.337 e. The van der Waals surface area contributed by atoms with Crippen molar-refractivity contribution in [2.24, 2.45) is 0 Å². The molecule has 5 nitrogen and oxygen atoms in total. The fourth-order valence-corrected chi connectivity index (χ4v) is 0.929. The van der Waals surface area contributed by atoms with Crippen LogP contribution in [0.15, 0.2) is 24.3 Å². The minimum atomic E-state index is -1.81. The first kappa shape index (κ1) is 11.3. The Hall–Kier alpha value is -1.75. The van der Waals surface area contributed by atoms with E-state index in [4.69, 9.17) is 10.2 Å². The van der Waals surface area contributed by atoms with Gasteiger partial charge >= 0.3 is 5.97 Å². The predicted molar refractivity (Wildman–Crippen MR) is 54.9 cm³/mol. The maximum atomic E-state index is 10.6. The molecule has 1 atom stereocenters. The van der Waals surface area contributed by atoms with Gasteiger partial charge in [0.1, 0.15) is 5.75 Å². The van der Waals surface area contributed by atoms with Crippen LogP contribution in [0.25, 0.3) is 0 Å². The molecule has 0 aliphatic carbocycles. The summed E-state index contributed by atoms with van der Waals surface area (Å²) in [6.45, 7) is 1.11. The lowest BCUT2D eigenvalue weighted by Crippen LogP contribution is -2.41. The highest BCUT2D eigenvalue weighted by atomic mass is 16.4. The standard InChI is InChI=1S/C10H13NO4/c1-10(15,9(13)14)6-11-7-2-4-8(12)5-3-7/h2-5,11-12,15H,6H2,1H3,(H,13,14). The molecule has 0 bridgehead atoms. The van der Waals surface area contributed by atoms with Crippen molar-refractivity contribution in [3.63, 3.8) is 0 Å². The number of rotatable bonds is 4. The van der Waals surface area contributed by atoms with Gasteiger partial charge < -0.3 is 20.6 Å². The van der Waals surface area contributed by atoms with Crippen LogP contribution >= 0.6 is 0 Å². The molecule has 82 valence electrons. The third kappa shape index (κ3) is 3.14. The number of anilines is 1. The van der Waals surface area contributed by atoms with E-state index in [2.05, 4.69) is 5.32 Å². The molecule has 0 heterocycles. The van der Waals surface area contributed by atoms with Crippen molar-refractivity contribution in [2.45, 2.75) is 12.5 Å². The van der Waals surface area contributed by atoms with Crippen molar-refractivity contribution in [1.29, 1.82) is 0 Å². The van der Waals surface area contributed by atoms with Crippen molar-refractivity contribution in [3.05, 3.63) is 24.3 Å². The number of benzene rings is 1. The van der Waals surface area contributed by atoms with Gasteiger partial charge in [-0.15, -0.1) is 0 Å². The van der Waals surface area contributed by atoms with Crippen molar-refractivity contribution in [3.8, 4) is 5.75 Å². The second kappa shape index (κ2) is 4.18. The van der Waals surface area contributed by atoms with Crippen LogP contribution in [-0.2, 0) is 4.79 Å². The van der Waals surface area contributed by atoms with E-state index in [9.17, 15) is 9.90 Å². The molecule has 0 amide bonds. The highest BCUT2D eigenvalue weighted by molar-refractivity contribution is 5.77. The molecule has 1 aromatic rings. The second-order valence-corrected chi connectivity index (χ2v) is 3.48. The molecule has 0 saturated carbocycles. The molecule has 15 heavy (non-hydrogen) atoms. The van der Waals surface area contributed by atoms with Gasteiger partial charge in [0.25, 0.3) is 0 Å². The Morgan fingerprint density at radius 3 is 2.40 bits per heavy atom. The van der Waals surface area contributed by atoms with Gasteiger partial charge in [-0.3, -0.25) is 0 Å². The van der Waals surface area contributed by atoms with Crippen LogP contribution < -0.4 is 5.32 Å². The van der Waals surface area contributed by atoms with E-state index >= 15 is 0 Å². The van der Waals surface area contributed by atoms with E-state index in [1.54, 1.807) is 12.1 Å². The highest BCUT2D eigenvalue weighted by Gasteiger charge is 2.29. The molecule has 1 aromatic carbocycles. The summed E-state index contributed by atoms with van der Waals surface area (Å²) in [4.78, 5) is 10.6. The zero-order valence-corrected chi connectivity index (χ0v) is 8.27. The summed E-state index contributed by atoms with van der Waals surface area (Å²) in [6.07, 6.45) is 0. The minimum Gasteiger partial charge on any atom is -0.508 e. The van der Waals surface area contributed by atoms with Crippen LogP contribution in [-0.4, -0.2) is 33.4 Å². The van der Waals surface area contributed by atoms with Crippen molar-refractivity contribution in [1.82, 2.24) is 0 Å². The molecule has 0 spiro atoms. The Morgan fingerprint density at radius 2 is 1.93 bits per heavy atom. The summed E-state index contributed by atoms with van der Waals surface area (Å²) in [7, 11) is 0. The molecule has 0 aliphatic rings. The van der Waals surface area contributed by atoms with E-state index in [0.717, 1.165) is 0 Å². The van der Waals surface area contributed by atoms with E-state index in [0.29, 0.717) is 5.69 Å². The Labute approximate surface area is 87.0 Å². The Morgan fingerprint density at radius 1 is 1.40 bits per heavy atom. The fraction of sp³-hybridized carbons (Fsp3) is 0.300. The zero-order chi connectivity index (χ0) is 11.5. The summed E-state index contributed by atoms with van der Waals surface area (Å²) in [5.74, 6) is -1.15. The Kier molecular flexibility index (Phi) is 3.16. The summed E-state index contributed by atoms with van der Waals surface area (Å²) in [5.41, 5.74) is -1.17. The lowest BCUT2D eigenvalue weighted by atomic mass is 10.1. The number of aromatic hydroxyl groups is 1. The van der Waals surface area contributed by atoms with Crippen molar-refractivity contribution in [2.75, 3.05) is 11.9 Å². The van der Waals surface area contributed by atoms with E-state index in [1.165, 1.54) is 19.1 Å². The molecule has 4 N–H and O–H groups in total. The molecular weight excluding hydrogens is 198 g/mol. The van der Waals surface area contributed by atoms with E-state index in [-0.39, 0.29) is 12.3 Å². The lowest BCUT2D eigenvalue weighted by Gasteiger charge is -2.18. The Balaban J connectivity index is 2.57. The molecule has 0 radical (unpaired) electrons. The molecular formula is C10H13NO4. The van der Waals surface area contributed by atoms with E-state index in [1.807, 2.05) is 0 Å². The average Bonchev–Trinajstić information content (AvgIpc) is 2.17. The number of hydrogen-bond acceptors (Lipinski definition) is 4. The largest absolute Gasteiger partial charge is 0.508 e. The van der Waals surface area contributed by atoms with Gasteiger partial charge in [0.05, 0.1) is 6.54 Å². The number of nitrogens with one attached hydrogen (secondary N) is 1. The first-order chi connectivity index (χ1) is 6.92. The number of phenolic OH excluding ortho intramolecular Hbond substituents is 1. The second-order valence-electron chi connectivity index (χ2n) is 3.48. The first-order valence-electron chi connectivity index (χ1n) is 4.40. The summed E-state index contributed by atoms with van der Waals surface area (Å²) in [5, 5.41) is 29.8. The van der Waals surface area contributed by atoms with Gasteiger partial charge in [-0.2, -0.15) is 0 Å². The van der Waals surface area contributed by atoms with Crippen LogP contribution in [0, 0.1) is 0 Å². The number of aliphatic carboxylic acids is 1. The quantitative estimate of drug-likeness (QED) is 0.549. The highest BCUT2D eigenvalue weighted by Crippen LogP contribution is 2.14. The monoisotopic (exact) mass is 211 g/mol. The van der Waals surface area contributed by atoms with Gasteiger partial charge in [0.15, 0.2) is 5.60 Å². The SMILES string of the molecule is CC(O)(CNc1ccc(O)cc1)C(=O)O. The van der Waals surface area contributed by atoms with Gasteiger partial charge in [0, 0.05) is 5.69 Å². The predicted octanol–water partition coefficient (Wildman–Crippen LogP) is 0.640. The van der Waals surface area contributed by atoms with Gasteiger partial charge in [-0.05, 0) is 31.2 Å². The molecule has 0 saturated heterocycles. The van der Waals surface area contributed by atoms with Gasteiger partial charge in [-0.25, -0.2) is 4.79 Å². The van der Waals surface area contributed by atoms with Crippen LogP contribution in [0.5, 0.6) is 5.75 Å². The topological polar surface area (TPSA) is 89.8 Å². The number of carbonyl (C=O) groups is 1. The van der Waals surface area contributed by atoms with Gasteiger partial charge in [0.2, 0.25) is 0 Å². The number of aliphatic hydroxyl groups is 1. The minimum absolute atomic E-state index is 0.104. The third-order valence-corrected chi connectivity index (χ3v) is 1.96. The normalized spacial score (nSPS) is 14.3. The maximum Gasteiger partial charge on any atom is 0.337 e. The number of phenols is 1. The molecule has 5 heteroatoms. The zero-order valence-electron chi connectivity index (χ0n) is 8.27. The van der Waals surface area contributed by atoms with Crippen molar-refractivity contribution < 1.29 is 20.1 Å². The molecule has 0 aliphatic heterocycles. The number of hydrogen-bond donors (Lipinski definition) is 4. The summed E-state index contributed by atoms with van der Waals surface area (Å²) in [6, 6.07) is 6.12. The van der Waals surface area contributed by atoms with Crippen LogP contribution in [0.2, 0.25) is 0 Å². The number of carboxylic acid groups (broad SMARTS) is 1. The summed E-state index contributed by atoms with van der Waals surface area (Å²) < 4.78 is 0. The van der Waals surface area contributed by atoms with Crippen LogP contribution in [0.3, 0.4) is 0 Å². The van der Waals surface area contributed by atoms with E-state index < -0.39 is 11.6 Å². The Bertz CT molecular complexity index is 345.